The van der Waals surface area contributed by atoms with Crippen LogP contribution in [0.4, 0.5) is 0 Å². The Morgan fingerprint density at radius 3 is 2.45 bits per heavy atom. The molecule has 2 N–H and O–H groups in total. The Balaban J connectivity index is 1.78. The van der Waals surface area contributed by atoms with Gasteiger partial charge in [0.25, 0.3) is 0 Å². The Hall–Kier alpha value is -2.09. The zero-order valence-electron chi connectivity index (χ0n) is 12.2. The van der Waals surface area contributed by atoms with E-state index < -0.39 is 21.7 Å². The molecule has 1 saturated heterocycles. The third-order valence-corrected chi connectivity index (χ3v) is 5.22. The Morgan fingerprint density at radius 1 is 1.23 bits per heavy atom. The number of amides is 2. The lowest BCUT2D eigenvalue weighted by molar-refractivity contribution is -0.130. The molecule has 7 nitrogen and oxygen atoms in total. The highest BCUT2D eigenvalue weighted by atomic mass is 32.2. The Bertz CT molecular complexity index is 654. The lowest BCUT2D eigenvalue weighted by atomic mass is 10.1. The van der Waals surface area contributed by atoms with Gasteiger partial charge in [-0.3, -0.25) is 20.4 Å². The number of sulfone groups is 1. The summed E-state index contributed by atoms with van der Waals surface area (Å²) in [5.74, 6) is -0.882. The van der Waals surface area contributed by atoms with E-state index in [0.29, 0.717) is 12.2 Å². The van der Waals surface area contributed by atoms with Crippen molar-refractivity contribution < 1.29 is 22.7 Å². The molecular formula is C14H18N2O5S. The first-order valence-corrected chi connectivity index (χ1v) is 8.64. The number of methoxy groups -OCH3 is 1. The van der Waals surface area contributed by atoms with Crippen LogP contribution in [0.1, 0.15) is 12.0 Å². The number of benzene rings is 1. The maximum absolute atomic E-state index is 11.8. The van der Waals surface area contributed by atoms with E-state index in [1.165, 1.54) is 0 Å². The van der Waals surface area contributed by atoms with Gasteiger partial charge in [0, 0.05) is 0 Å². The molecule has 1 aliphatic heterocycles. The summed E-state index contributed by atoms with van der Waals surface area (Å²) in [6.45, 7) is 0. The molecule has 0 unspecified atom stereocenters. The van der Waals surface area contributed by atoms with Crippen molar-refractivity contribution >= 4 is 21.7 Å². The van der Waals surface area contributed by atoms with Gasteiger partial charge in [0.2, 0.25) is 11.8 Å². The highest BCUT2D eigenvalue weighted by molar-refractivity contribution is 7.91. The smallest absolute Gasteiger partial charge is 0.242 e. The van der Waals surface area contributed by atoms with Crippen LogP contribution in [0.3, 0.4) is 0 Å². The van der Waals surface area contributed by atoms with Gasteiger partial charge in [-0.15, -0.1) is 0 Å². The number of carbonyl (C=O) groups excluding carboxylic acids is 2. The molecule has 1 aromatic rings. The van der Waals surface area contributed by atoms with E-state index in [4.69, 9.17) is 4.74 Å². The van der Waals surface area contributed by atoms with Crippen molar-refractivity contribution in [3.8, 4) is 5.75 Å². The molecule has 0 radical (unpaired) electrons. The molecule has 22 heavy (non-hydrogen) atoms. The van der Waals surface area contributed by atoms with Crippen LogP contribution in [0.5, 0.6) is 5.75 Å². The Kier molecular flexibility index (Phi) is 5.02. The number of nitrogens with one attached hydrogen (secondary N) is 2. The molecule has 8 heteroatoms. The van der Waals surface area contributed by atoms with Gasteiger partial charge in [0.05, 0.1) is 31.0 Å². The van der Waals surface area contributed by atoms with E-state index in [9.17, 15) is 18.0 Å². The van der Waals surface area contributed by atoms with Crippen LogP contribution in [-0.2, 0) is 25.8 Å². The lowest BCUT2D eigenvalue weighted by Gasteiger charge is -2.10. The first-order valence-electron chi connectivity index (χ1n) is 6.81. The van der Waals surface area contributed by atoms with Crippen LogP contribution in [0, 0.1) is 5.92 Å². The molecule has 1 aliphatic rings. The molecule has 0 spiro atoms. The summed E-state index contributed by atoms with van der Waals surface area (Å²) in [6, 6.07) is 6.99. The van der Waals surface area contributed by atoms with Gasteiger partial charge in [0.1, 0.15) is 5.75 Å². The van der Waals surface area contributed by atoms with Crippen molar-refractivity contribution in [3.63, 3.8) is 0 Å². The van der Waals surface area contributed by atoms with Crippen molar-refractivity contribution in [1.29, 1.82) is 0 Å². The predicted molar refractivity (Wildman–Crippen MR) is 79.7 cm³/mol. The van der Waals surface area contributed by atoms with Crippen molar-refractivity contribution in [2.24, 2.45) is 5.92 Å². The molecule has 0 bridgehead atoms. The van der Waals surface area contributed by atoms with Gasteiger partial charge in [-0.05, 0) is 24.1 Å². The summed E-state index contributed by atoms with van der Waals surface area (Å²) < 4.78 is 27.6. The second-order valence-electron chi connectivity index (χ2n) is 5.16. The van der Waals surface area contributed by atoms with Gasteiger partial charge < -0.3 is 4.74 Å². The van der Waals surface area contributed by atoms with Crippen LogP contribution < -0.4 is 15.6 Å². The van der Waals surface area contributed by atoms with Gasteiger partial charge in [-0.25, -0.2) is 8.42 Å². The van der Waals surface area contributed by atoms with Crippen LogP contribution in [0.2, 0.25) is 0 Å². The highest BCUT2D eigenvalue weighted by Gasteiger charge is 2.33. The lowest BCUT2D eigenvalue weighted by Crippen LogP contribution is -2.45. The minimum atomic E-state index is -3.12. The molecule has 2 rings (SSSR count). The second kappa shape index (κ2) is 6.78. The SMILES string of the molecule is COc1ccc(CC(=O)NNC(=O)[C@H]2CCS(=O)(=O)C2)cc1. The molecule has 0 aromatic heterocycles. The number of hydrogen-bond donors (Lipinski definition) is 2. The van der Waals surface area contributed by atoms with Gasteiger partial charge >= 0.3 is 0 Å². The molecule has 1 aromatic carbocycles. The number of carbonyl (C=O) groups is 2. The second-order valence-corrected chi connectivity index (χ2v) is 7.39. The van der Waals surface area contributed by atoms with Crippen molar-refractivity contribution in [1.82, 2.24) is 10.9 Å². The summed E-state index contributed by atoms with van der Waals surface area (Å²) in [4.78, 5) is 23.5. The summed E-state index contributed by atoms with van der Waals surface area (Å²) in [5.41, 5.74) is 5.35. The average Bonchev–Trinajstić information content (AvgIpc) is 2.86. The number of ether oxygens (including phenoxy) is 1. The van der Waals surface area contributed by atoms with Crippen molar-refractivity contribution in [2.45, 2.75) is 12.8 Å². The van der Waals surface area contributed by atoms with Crippen molar-refractivity contribution in [2.75, 3.05) is 18.6 Å². The Labute approximate surface area is 128 Å². The summed E-state index contributed by atoms with van der Waals surface area (Å²) in [5, 5.41) is 0. The summed E-state index contributed by atoms with van der Waals surface area (Å²) in [6.07, 6.45) is 0.399. The average molecular weight is 326 g/mol. The minimum absolute atomic E-state index is 0.0187. The Morgan fingerprint density at radius 2 is 1.91 bits per heavy atom. The quantitative estimate of drug-likeness (QED) is 0.748. The molecule has 120 valence electrons. The first kappa shape index (κ1) is 16.3. The largest absolute Gasteiger partial charge is 0.497 e. The maximum Gasteiger partial charge on any atom is 0.242 e. The molecule has 2 amide bonds. The molecule has 0 saturated carbocycles. The highest BCUT2D eigenvalue weighted by Crippen LogP contribution is 2.18. The topological polar surface area (TPSA) is 102 Å². The zero-order valence-corrected chi connectivity index (χ0v) is 13.0. The fourth-order valence-corrected chi connectivity index (χ4v) is 3.95. The number of hydrogen-bond acceptors (Lipinski definition) is 5. The monoisotopic (exact) mass is 326 g/mol. The molecule has 1 atom stereocenters. The molecular weight excluding hydrogens is 308 g/mol. The number of hydrazine groups is 1. The van der Waals surface area contributed by atoms with Crippen molar-refractivity contribution in [3.05, 3.63) is 29.8 Å². The molecule has 0 aliphatic carbocycles. The summed E-state index contributed by atoms with van der Waals surface area (Å²) >= 11 is 0. The normalized spacial score (nSPS) is 19.4. The van der Waals surface area contributed by atoms with Gasteiger partial charge in [0.15, 0.2) is 9.84 Å². The van der Waals surface area contributed by atoms with E-state index in [2.05, 4.69) is 10.9 Å². The van der Waals surface area contributed by atoms with Crippen LogP contribution in [0.25, 0.3) is 0 Å². The standard InChI is InChI=1S/C14H18N2O5S/c1-21-12-4-2-10(3-5-12)8-13(17)15-16-14(18)11-6-7-22(19,20)9-11/h2-5,11H,6-9H2,1H3,(H,15,17)(H,16,18)/t11-/m0/s1. The van der Waals surface area contributed by atoms with E-state index in [0.717, 1.165) is 5.56 Å². The van der Waals surface area contributed by atoms with Crippen LogP contribution in [0.15, 0.2) is 24.3 Å². The van der Waals surface area contributed by atoms with E-state index in [-0.39, 0.29) is 23.8 Å². The van der Waals surface area contributed by atoms with Gasteiger partial charge in [-0.2, -0.15) is 0 Å². The zero-order chi connectivity index (χ0) is 16.2. The maximum atomic E-state index is 11.8. The van der Waals surface area contributed by atoms with Gasteiger partial charge in [-0.1, -0.05) is 12.1 Å². The third kappa shape index (κ3) is 4.45. The minimum Gasteiger partial charge on any atom is -0.497 e. The van der Waals surface area contributed by atoms with E-state index >= 15 is 0 Å². The third-order valence-electron chi connectivity index (χ3n) is 3.45. The van der Waals surface area contributed by atoms with E-state index in [1.54, 1.807) is 31.4 Å². The first-order chi connectivity index (χ1) is 10.4. The number of rotatable bonds is 4. The molecule has 1 fully saturated rings. The van der Waals surface area contributed by atoms with Crippen LogP contribution >= 0.6 is 0 Å². The fourth-order valence-electron chi connectivity index (χ4n) is 2.21. The van der Waals surface area contributed by atoms with E-state index in [1.807, 2.05) is 0 Å². The predicted octanol–water partition coefficient (Wildman–Crippen LogP) is -0.180. The van der Waals surface area contributed by atoms with Crippen LogP contribution in [-0.4, -0.2) is 38.8 Å². The molecule has 1 heterocycles. The summed E-state index contributed by atoms with van der Waals surface area (Å²) in [7, 11) is -1.56. The fraction of sp³-hybridized carbons (Fsp3) is 0.429.